The Balaban J connectivity index is 0.00000338. The first-order valence-corrected chi connectivity index (χ1v) is 10.7. The normalized spacial score (nSPS) is 15.8. The standard InChI is InChI=1S/C18H29N3O3S.HI/c1-5-24-16-10-14(2)6-7-15(16)11-20-17(19-3)21-12-18(8-9-18)13-25(4,22)23;/h6-7,10H,5,8-9,11-13H2,1-4H3,(H2,19,20,21);1H. The first-order valence-electron chi connectivity index (χ1n) is 8.61. The van der Waals surface area contributed by atoms with Crippen LogP contribution in [-0.4, -0.2) is 46.6 Å². The lowest BCUT2D eigenvalue weighted by molar-refractivity contribution is 0.336. The van der Waals surface area contributed by atoms with Gasteiger partial charge in [-0.1, -0.05) is 12.1 Å². The van der Waals surface area contributed by atoms with E-state index < -0.39 is 9.84 Å². The molecule has 0 spiro atoms. The van der Waals surface area contributed by atoms with Gasteiger partial charge in [0.25, 0.3) is 0 Å². The molecule has 1 aliphatic rings. The number of sulfone groups is 1. The van der Waals surface area contributed by atoms with Gasteiger partial charge in [0.2, 0.25) is 0 Å². The third-order valence-electron chi connectivity index (χ3n) is 4.35. The minimum atomic E-state index is -2.96. The number of guanidine groups is 1. The predicted octanol–water partition coefficient (Wildman–Crippen LogP) is 2.50. The van der Waals surface area contributed by atoms with Crippen LogP contribution < -0.4 is 15.4 Å². The van der Waals surface area contributed by atoms with E-state index in [0.717, 1.165) is 29.7 Å². The molecule has 0 radical (unpaired) electrons. The van der Waals surface area contributed by atoms with Gasteiger partial charge in [-0.05, 0) is 38.3 Å². The zero-order valence-corrected chi connectivity index (χ0v) is 19.1. The third kappa shape index (κ3) is 7.30. The Labute approximate surface area is 174 Å². The molecular weight excluding hydrogens is 465 g/mol. The molecule has 0 aromatic heterocycles. The maximum absolute atomic E-state index is 11.6. The molecular formula is C18H30IN3O3S. The van der Waals surface area contributed by atoms with Crippen LogP contribution in [0.1, 0.15) is 30.9 Å². The molecule has 2 N–H and O–H groups in total. The van der Waals surface area contributed by atoms with Crippen LogP contribution in [0.2, 0.25) is 0 Å². The van der Waals surface area contributed by atoms with Crippen molar-refractivity contribution in [1.82, 2.24) is 10.6 Å². The topological polar surface area (TPSA) is 79.8 Å². The molecule has 2 rings (SSSR count). The molecule has 0 atom stereocenters. The number of aliphatic imine (C=N–C) groups is 1. The number of hydrogen-bond acceptors (Lipinski definition) is 4. The highest BCUT2D eigenvalue weighted by Crippen LogP contribution is 2.45. The Kier molecular flexibility index (Phi) is 8.65. The Hall–Kier alpha value is -1.03. The fourth-order valence-corrected chi connectivity index (χ4v) is 4.38. The number of nitrogens with zero attached hydrogens (tertiary/aromatic N) is 1. The first-order chi connectivity index (χ1) is 11.8. The molecule has 1 aromatic rings. The van der Waals surface area contributed by atoms with Crippen LogP contribution in [0.5, 0.6) is 5.75 Å². The summed E-state index contributed by atoms with van der Waals surface area (Å²) >= 11 is 0. The average molecular weight is 495 g/mol. The molecule has 1 saturated carbocycles. The van der Waals surface area contributed by atoms with Crippen LogP contribution in [0.25, 0.3) is 0 Å². The zero-order valence-electron chi connectivity index (χ0n) is 16.0. The Morgan fingerprint density at radius 2 is 2.00 bits per heavy atom. The second-order valence-corrected chi connectivity index (χ2v) is 9.03. The number of nitrogens with one attached hydrogen (secondary N) is 2. The monoisotopic (exact) mass is 495 g/mol. The quantitative estimate of drug-likeness (QED) is 0.329. The fourth-order valence-electron chi connectivity index (χ4n) is 2.87. The summed E-state index contributed by atoms with van der Waals surface area (Å²) in [5, 5.41) is 6.54. The van der Waals surface area contributed by atoms with Gasteiger partial charge in [-0.25, -0.2) is 8.42 Å². The predicted molar refractivity (Wildman–Crippen MR) is 117 cm³/mol. The molecule has 0 heterocycles. The van der Waals surface area contributed by atoms with Gasteiger partial charge < -0.3 is 15.4 Å². The molecule has 0 saturated heterocycles. The molecule has 148 valence electrons. The van der Waals surface area contributed by atoms with Crippen molar-refractivity contribution in [2.24, 2.45) is 10.4 Å². The highest BCUT2D eigenvalue weighted by molar-refractivity contribution is 14.0. The first kappa shape index (κ1) is 23.0. The highest BCUT2D eigenvalue weighted by Gasteiger charge is 2.45. The van der Waals surface area contributed by atoms with E-state index in [-0.39, 0.29) is 35.1 Å². The molecule has 0 aliphatic heterocycles. The molecule has 1 aliphatic carbocycles. The fraction of sp³-hybridized carbons (Fsp3) is 0.611. The van der Waals surface area contributed by atoms with Gasteiger partial charge in [0, 0.05) is 37.4 Å². The summed E-state index contributed by atoms with van der Waals surface area (Å²) in [6.45, 7) is 5.84. The Morgan fingerprint density at radius 1 is 1.31 bits per heavy atom. The van der Waals surface area contributed by atoms with Crippen molar-refractivity contribution < 1.29 is 13.2 Å². The SMILES string of the molecule is CCOc1cc(C)ccc1CNC(=NC)NCC1(CS(C)(=O)=O)CC1.I. The maximum Gasteiger partial charge on any atom is 0.191 e. The van der Waals surface area contributed by atoms with E-state index in [9.17, 15) is 8.42 Å². The number of hydrogen-bond donors (Lipinski definition) is 2. The van der Waals surface area contributed by atoms with Crippen molar-refractivity contribution in [3.05, 3.63) is 29.3 Å². The second-order valence-electron chi connectivity index (χ2n) is 6.89. The summed E-state index contributed by atoms with van der Waals surface area (Å²) in [6.07, 6.45) is 3.18. The number of halogens is 1. The lowest BCUT2D eigenvalue weighted by Crippen LogP contribution is -2.41. The van der Waals surface area contributed by atoms with Gasteiger partial charge in [-0.3, -0.25) is 4.99 Å². The number of ether oxygens (including phenoxy) is 1. The van der Waals surface area contributed by atoms with Crippen LogP contribution in [0.15, 0.2) is 23.2 Å². The molecule has 26 heavy (non-hydrogen) atoms. The Morgan fingerprint density at radius 3 is 2.54 bits per heavy atom. The van der Waals surface area contributed by atoms with Gasteiger partial charge in [0.15, 0.2) is 5.96 Å². The second kappa shape index (κ2) is 9.77. The van der Waals surface area contributed by atoms with Crippen LogP contribution >= 0.6 is 24.0 Å². The largest absolute Gasteiger partial charge is 0.494 e. The van der Waals surface area contributed by atoms with Crippen LogP contribution in [0, 0.1) is 12.3 Å². The van der Waals surface area contributed by atoms with E-state index in [2.05, 4.69) is 21.7 Å². The minimum absolute atomic E-state index is 0. The molecule has 1 aromatic carbocycles. The molecule has 0 bridgehead atoms. The molecule has 6 nitrogen and oxygen atoms in total. The molecule has 0 amide bonds. The smallest absolute Gasteiger partial charge is 0.191 e. The lowest BCUT2D eigenvalue weighted by atomic mass is 10.1. The summed E-state index contributed by atoms with van der Waals surface area (Å²) in [4.78, 5) is 4.23. The van der Waals surface area contributed by atoms with Crippen LogP contribution in [-0.2, 0) is 16.4 Å². The summed E-state index contributed by atoms with van der Waals surface area (Å²) in [6, 6.07) is 6.13. The van der Waals surface area contributed by atoms with Crippen molar-refractivity contribution >= 4 is 39.8 Å². The van der Waals surface area contributed by atoms with E-state index in [4.69, 9.17) is 4.74 Å². The maximum atomic E-state index is 11.6. The van der Waals surface area contributed by atoms with E-state index in [1.54, 1.807) is 7.05 Å². The summed E-state index contributed by atoms with van der Waals surface area (Å²) in [5.74, 6) is 1.78. The molecule has 8 heteroatoms. The van der Waals surface area contributed by atoms with Gasteiger partial charge in [0.1, 0.15) is 15.6 Å². The van der Waals surface area contributed by atoms with Crippen molar-refractivity contribution in [1.29, 1.82) is 0 Å². The van der Waals surface area contributed by atoms with E-state index in [1.165, 1.54) is 6.26 Å². The van der Waals surface area contributed by atoms with Crippen LogP contribution in [0.3, 0.4) is 0 Å². The zero-order chi connectivity index (χ0) is 18.5. The van der Waals surface area contributed by atoms with Crippen LogP contribution in [0.4, 0.5) is 0 Å². The average Bonchev–Trinajstić information content (AvgIpc) is 3.27. The third-order valence-corrected chi connectivity index (χ3v) is 5.49. The van der Waals surface area contributed by atoms with Gasteiger partial charge in [-0.2, -0.15) is 0 Å². The minimum Gasteiger partial charge on any atom is -0.494 e. The number of aryl methyl sites for hydroxylation is 1. The van der Waals surface area contributed by atoms with Crippen molar-refractivity contribution in [3.8, 4) is 5.75 Å². The molecule has 0 unspecified atom stereocenters. The van der Waals surface area contributed by atoms with Gasteiger partial charge in [0.05, 0.1) is 12.4 Å². The number of benzene rings is 1. The summed E-state index contributed by atoms with van der Waals surface area (Å²) in [7, 11) is -1.25. The van der Waals surface area contributed by atoms with Crippen molar-refractivity contribution in [3.63, 3.8) is 0 Å². The summed E-state index contributed by atoms with van der Waals surface area (Å²) in [5.41, 5.74) is 2.09. The molecule has 1 fully saturated rings. The Bertz CT molecular complexity index is 731. The van der Waals surface area contributed by atoms with Gasteiger partial charge in [-0.15, -0.1) is 24.0 Å². The van der Waals surface area contributed by atoms with E-state index in [1.807, 2.05) is 26.0 Å². The van der Waals surface area contributed by atoms with E-state index in [0.29, 0.717) is 25.7 Å². The number of rotatable bonds is 8. The van der Waals surface area contributed by atoms with Crippen molar-refractivity contribution in [2.45, 2.75) is 33.2 Å². The van der Waals surface area contributed by atoms with Gasteiger partial charge >= 0.3 is 0 Å². The highest BCUT2D eigenvalue weighted by atomic mass is 127. The van der Waals surface area contributed by atoms with E-state index >= 15 is 0 Å². The summed E-state index contributed by atoms with van der Waals surface area (Å²) < 4.78 is 28.8. The van der Waals surface area contributed by atoms with Crippen molar-refractivity contribution in [2.75, 3.05) is 32.2 Å². The lowest BCUT2D eigenvalue weighted by Gasteiger charge is -2.18.